The smallest absolute Gasteiger partial charge is 0.326 e. The number of rotatable bonds is 4. The summed E-state index contributed by atoms with van der Waals surface area (Å²) in [6, 6.07) is 8.45. The first-order chi connectivity index (χ1) is 11.5. The van der Waals surface area contributed by atoms with Crippen LogP contribution in [0.3, 0.4) is 0 Å². The number of hydrogen-bond acceptors (Lipinski definition) is 5. The van der Waals surface area contributed by atoms with E-state index in [0.717, 1.165) is 11.3 Å². The van der Waals surface area contributed by atoms with Crippen molar-refractivity contribution in [1.29, 1.82) is 0 Å². The number of aromatic nitrogens is 1. The fourth-order valence-corrected chi connectivity index (χ4v) is 2.85. The van der Waals surface area contributed by atoms with E-state index in [1.54, 1.807) is 6.07 Å². The van der Waals surface area contributed by atoms with Crippen LogP contribution in [-0.2, 0) is 4.79 Å². The maximum Gasteiger partial charge on any atom is 0.326 e. The molecule has 2 heterocycles. The highest BCUT2D eigenvalue weighted by atomic mass is 16.5. The number of amides is 1. The van der Waals surface area contributed by atoms with Crippen LogP contribution < -0.4 is 4.90 Å². The number of benzene rings is 1. The van der Waals surface area contributed by atoms with E-state index in [-0.39, 0.29) is 5.69 Å². The van der Waals surface area contributed by atoms with Crippen molar-refractivity contribution >= 4 is 17.6 Å². The van der Waals surface area contributed by atoms with E-state index in [1.165, 1.54) is 4.90 Å². The number of carboxylic acid groups (broad SMARTS) is 1. The highest BCUT2D eigenvalue weighted by Crippen LogP contribution is 2.25. The summed E-state index contributed by atoms with van der Waals surface area (Å²) in [7, 11) is 3.91. The zero-order valence-corrected chi connectivity index (χ0v) is 13.6. The van der Waals surface area contributed by atoms with Crippen molar-refractivity contribution in [3.63, 3.8) is 0 Å². The summed E-state index contributed by atoms with van der Waals surface area (Å²) in [5, 5.41) is 13.0. The van der Waals surface area contributed by atoms with Crippen LogP contribution >= 0.6 is 0 Å². The molecule has 0 saturated carbocycles. The number of likely N-dealkylation sites (tertiary alicyclic amines) is 1. The normalized spacial score (nSPS) is 17.1. The Hall–Kier alpha value is -2.83. The Morgan fingerprint density at radius 3 is 2.62 bits per heavy atom. The van der Waals surface area contributed by atoms with E-state index in [9.17, 15) is 14.7 Å². The van der Waals surface area contributed by atoms with Gasteiger partial charge in [0.05, 0.1) is 0 Å². The molecule has 1 saturated heterocycles. The zero-order valence-electron chi connectivity index (χ0n) is 13.6. The molecule has 0 radical (unpaired) electrons. The Bertz CT molecular complexity index is 751. The molecular weight excluding hydrogens is 310 g/mol. The van der Waals surface area contributed by atoms with Gasteiger partial charge in [-0.1, -0.05) is 5.16 Å². The standard InChI is InChI=1S/C17H19N3O4/c1-19(2)12-7-5-11(6-8-12)15-10-13(18-24-15)16(21)20-9-3-4-14(20)17(22)23/h5-8,10,14H,3-4,9H2,1-2H3,(H,22,23)/t14-/m0/s1. The molecule has 0 bridgehead atoms. The Labute approximate surface area is 139 Å². The van der Waals surface area contributed by atoms with Crippen molar-refractivity contribution in [3.8, 4) is 11.3 Å². The van der Waals surface area contributed by atoms with Gasteiger partial charge in [-0.15, -0.1) is 0 Å². The van der Waals surface area contributed by atoms with Crippen molar-refractivity contribution in [2.45, 2.75) is 18.9 Å². The van der Waals surface area contributed by atoms with Crippen LogP contribution in [-0.4, -0.2) is 53.7 Å². The van der Waals surface area contributed by atoms with Gasteiger partial charge in [0, 0.05) is 38.0 Å². The second-order valence-electron chi connectivity index (χ2n) is 6.01. The zero-order chi connectivity index (χ0) is 17.3. The van der Waals surface area contributed by atoms with Gasteiger partial charge in [-0.2, -0.15) is 0 Å². The molecule has 24 heavy (non-hydrogen) atoms. The molecule has 1 amide bonds. The lowest BCUT2D eigenvalue weighted by atomic mass is 10.1. The largest absolute Gasteiger partial charge is 0.480 e. The molecular formula is C17H19N3O4. The third kappa shape index (κ3) is 2.97. The van der Waals surface area contributed by atoms with Crippen molar-refractivity contribution in [2.75, 3.05) is 25.5 Å². The number of hydrogen-bond donors (Lipinski definition) is 1. The van der Waals surface area contributed by atoms with E-state index in [0.29, 0.717) is 25.1 Å². The second kappa shape index (κ2) is 6.35. The second-order valence-corrected chi connectivity index (χ2v) is 6.01. The quantitative estimate of drug-likeness (QED) is 0.924. The minimum absolute atomic E-state index is 0.134. The van der Waals surface area contributed by atoms with Crippen molar-refractivity contribution < 1.29 is 19.2 Å². The van der Waals surface area contributed by atoms with Crippen molar-refractivity contribution in [3.05, 3.63) is 36.0 Å². The van der Waals surface area contributed by atoms with E-state index in [4.69, 9.17) is 4.52 Å². The third-order valence-corrected chi connectivity index (χ3v) is 4.20. The lowest BCUT2D eigenvalue weighted by Crippen LogP contribution is -2.40. The lowest BCUT2D eigenvalue weighted by molar-refractivity contribution is -0.141. The van der Waals surface area contributed by atoms with E-state index >= 15 is 0 Å². The lowest BCUT2D eigenvalue weighted by Gasteiger charge is -2.19. The molecule has 1 aromatic carbocycles. The average molecular weight is 329 g/mol. The van der Waals surface area contributed by atoms with Crippen LogP contribution in [0.5, 0.6) is 0 Å². The number of carbonyl (C=O) groups excluding carboxylic acids is 1. The summed E-state index contributed by atoms with van der Waals surface area (Å²) >= 11 is 0. The number of aliphatic carboxylic acids is 1. The van der Waals surface area contributed by atoms with Gasteiger partial charge < -0.3 is 19.4 Å². The molecule has 1 aliphatic heterocycles. The monoisotopic (exact) mass is 329 g/mol. The van der Waals surface area contributed by atoms with Gasteiger partial charge in [-0.3, -0.25) is 4.79 Å². The van der Waals surface area contributed by atoms with Gasteiger partial charge in [-0.05, 0) is 37.1 Å². The van der Waals surface area contributed by atoms with Crippen LogP contribution in [0.15, 0.2) is 34.9 Å². The van der Waals surface area contributed by atoms with Gasteiger partial charge in [0.2, 0.25) is 0 Å². The molecule has 7 nitrogen and oxygen atoms in total. The number of carboxylic acids is 1. The van der Waals surface area contributed by atoms with E-state index in [2.05, 4.69) is 5.16 Å². The van der Waals surface area contributed by atoms with Gasteiger partial charge >= 0.3 is 5.97 Å². The molecule has 0 aliphatic carbocycles. The minimum atomic E-state index is -0.983. The van der Waals surface area contributed by atoms with Gasteiger partial charge in [0.15, 0.2) is 11.5 Å². The van der Waals surface area contributed by atoms with E-state index in [1.807, 2.05) is 43.3 Å². The van der Waals surface area contributed by atoms with Crippen LogP contribution in [0.1, 0.15) is 23.3 Å². The molecule has 3 rings (SSSR count). The maximum atomic E-state index is 12.5. The first-order valence-corrected chi connectivity index (χ1v) is 7.75. The molecule has 0 spiro atoms. The maximum absolute atomic E-state index is 12.5. The van der Waals surface area contributed by atoms with Crippen LogP contribution in [0.4, 0.5) is 5.69 Å². The average Bonchev–Trinajstić information content (AvgIpc) is 3.24. The van der Waals surface area contributed by atoms with E-state index < -0.39 is 17.9 Å². The number of nitrogens with zero attached hydrogens (tertiary/aromatic N) is 3. The van der Waals surface area contributed by atoms with Gasteiger partial charge in [0.1, 0.15) is 6.04 Å². The van der Waals surface area contributed by atoms with Gasteiger partial charge in [-0.25, -0.2) is 4.79 Å². The fraction of sp³-hybridized carbons (Fsp3) is 0.353. The van der Waals surface area contributed by atoms with Crippen LogP contribution in [0, 0.1) is 0 Å². The molecule has 1 N–H and O–H groups in total. The predicted molar refractivity (Wildman–Crippen MR) is 88.0 cm³/mol. The minimum Gasteiger partial charge on any atom is -0.480 e. The summed E-state index contributed by atoms with van der Waals surface area (Å²) in [6.45, 7) is 0.426. The highest BCUT2D eigenvalue weighted by Gasteiger charge is 2.35. The number of carbonyl (C=O) groups is 2. The molecule has 7 heteroatoms. The summed E-state index contributed by atoms with van der Waals surface area (Å²) in [4.78, 5) is 27.0. The van der Waals surface area contributed by atoms with Crippen molar-refractivity contribution in [1.82, 2.24) is 10.1 Å². The Kier molecular flexibility index (Phi) is 4.24. The summed E-state index contributed by atoms with van der Waals surface area (Å²) in [5.74, 6) is -0.904. The Morgan fingerprint density at radius 1 is 1.29 bits per heavy atom. The molecule has 2 aromatic rings. The third-order valence-electron chi connectivity index (χ3n) is 4.20. The first kappa shape index (κ1) is 16.0. The van der Waals surface area contributed by atoms with Crippen LogP contribution in [0.25, 0.3) is 11.3 Å². The molecule has 1 atom stereocenters. The molecule has 1 aliphatic rings. The van der Waals surface area contributed by atoms with Gasteiger partial charge in [0.25, 0.3) is 5.91 Å². The molecule has 126 valence electrons. The SMILES string of the molecule is CN(C)c1ccc(-c2cc(C(=O)N3CCC[C@H]3C(=O)O)no2)cc1. The summed E-state index contributed by atoms with van der Waals surface area (Å²) in [6.07, 6.45) is 1.15. The Balaban J connectivity index is 1.80. The number of anilines is 1. The molecule has 1 aromatic heterocycles. The predicted octanol–water partition coefficient (Wildman–Crippen LogP) is 2.10. The fourth-order valence-electron chi connectivity index (χ4n) is 2.85. The first-order valence-electron chi connectivity index (χ1n) is 7.75. The highest BCUT2D eigenvalue weighted by molar-refractivity contribution is 5.96. The van der Waals surface area contributed by atoms with Crippen LogP contribution in [0.2, 0.25) is 0 Å². The summed E-state index contributed by atoms with van der Waals surface area (Å²) < 4.78 is 5.27. The van der Waals surface area contributed by atoms with Crippen molar-refractivity contribution in [2.24, 2.45) is 0 Å². The summed E-state index contributed by atoms with van der Waals surface area (Å²) in [5.41, 5.74) is 1.99. The topological polar surface area (TPSA) is 86.9 Å². The Morgan fingerprint density at radius 2 is 2.00 bits per heavy atom. The molecule has 1 fully saturated rings. The molecule has 0 unspecified atom stereocenters.